The van der Waals surface area contributed by atoms with Gasteiger partial charge in [-0.05, 0) is 18.4 Å². The first-order valence-electron chi connectivity index (χ1n) is 8.41. The zero-order chi connectivity index (χ0) is 17.0. The standard InChI is InChI=1S/C18H23NO3S2/c20-17(14-7-3-1-4-8-14)13-24(21,22)12-16-11-23-18(19-16)15-9-5-2-6-10-15/h1,3-4,7-8,11,15,17,20H,2,5-6,9-10,12-13H2. The summed E-state index contributed by atoms with van der Waals surface area (Å²) >= 11 is 1.57. The lowest BCUT2D eigenvalue weighted by Gasteiger charge is -2.18. The molecule has 0 spiro atoms. The van der Waals surface area contributed by atoms with Crippen LogP contribution < -0.4 is 0 Å². The van der Waals surface area contributed by atoms with E-state index in [2.05, 4.69) is 4.98 Å². The number of rotatable bonds is 6. The number of aromatic nitrogens is 1. The fourth-order valence-electron chi connectivity index (χ4n) is 3.22. The van der Waals surface area contributed by atoms with Gasteiger partial charge in [0.2, 0.25) is 0 Å². The molecule has 1 N–H and O–H groups in total. The molecular weight excluding hydrogens is 342 g/mol. The maximum Gasteiger partial charge on any atom is 0.158 e. The van der Waals surface area contributed by atoms with Gasteiger partial charge in [0.25, 0.3) is 0 Å². The van der Waals surface area contributed by atoms with E-state index in [0.29, 0.717) is 17.2 Å². The number of aliphatic hydroxyl groups is 1. The quantitative estimate of drug-likeness (QED) is 0.844. The van der Waals surface area contributed by atoms with Gasteiger partial charge in [-0.3, -0.25) is 0 Å². The summed E-state index contributed by atoms with van der Waals surface area (Å²) in [6, 6.07) is 8.91. The summed E-state index contributed by atoms with van der Waals surface area (Å²) in [4.78, 5) is 4.56. The molecule has 1 saturated carbocycles. The van der Waals surface area contributed by atoms with Crippen LogP contribution in [0, 0.1) is 0 Å². The molecule has 4 nitrogen and oxygen atoms in total. The molecule has 0 radical (unpaired) electrons. The molecule has 0 saturated heterocycles. The van der Waals surface area contributed by atoms with Crippen molar-refractivity contribution in [1.82, 2.24) is 4.98 Å². The highest BCUT2D eigenvalue weighted by Crippen LogP contribution is 2.34. The lowest BCUT2D eigenvalue weighted by Crippen LogP contribution is -2.16. The van der Waals surface area contributed by atoms with E-state index in [1.165, 1.54) is 19.3 Å². The normalized spacial score (nSPS) is 17.7. The van der Waals surface area contributed by atoms with Gasteiger partial charge in [-0.15, -0.1) is 11.3 Å². The molecule has 1 heterocycles. The summed E-state index contributed by atoms with van der Waals surface area (Å²) < 4.78 is 24.7. The highest BCUT2D eigenvalue weighted by Gasteiger charge is 2.23. The smallest absolute Gasteiger partial charge is 0.158 e. The minimum absolute atomic E-state index is 0.0971. The van der Waals surface area contributed by atoms with Crippen molar-refractivity contribution in [2.75, 3.05) is 5.75 Å². The number of sulfone groups is 1. The number of aliphatic hydroxyl groups excluding tert-OH is 1. The molecule has 2 aromatic rings. The van der Waals surface area contributed by atoms with E-state index >= 15 is 0 Å². The van der Waals surface area contributed by atoms with E-state index in [4.69, 9.17) is 0 Å². The van der Waals surface area contributed by atoms with Crippen LogP contribution >= 0.6 is 11.3 Å². The first-order chi connectivity index (χ1) is 11.5. The van der Waals surface area contributed by atoms with Gasteiger partial charge in [0.05, 0.1) is 28.3 Å². The van der Waals surface area contributed by atoms with Crippen LogP contribution in [0.1, 0.15) is 60.4 Å². The predicted octanol–water partition coefficient (Wildman–Crippen LogP) is 3.84. The summed E-state index contributed by atoms with van der Waals surface area (Å²) in [5.74, 6) is 0.128. The molecule has 3 rings (SSSR count). The third-order valence-corrected chi connectivity index (χ3v) is 7.10. The molecule has 1 unspecified atom stereocenters. The summed E-state index contributed by atoms with van der Waals surface area (Å²) in [6.45, 7) is 0. The van der Waals surface area contributed by atoms with Crippen molar-refractivity contribution in [3.63, 3.8) is 0 Å². The second kappa shape index (κ2) is 7.76. The molecular formula is C18H23NO3S2. The zero-order valence-electron chi connectivity index (χ0n) is 13.6. The Morgan fingerprint density at radius 3 is 2.58 bits per heavy atom. The van der Waals surface area contributed by atoms with Crippen molar-refractivity contribution in [2.24, 2.45) is 0 Å². The van der Waals surface area contributed by atoms with Crippen molar-refractivity contribution in [1.29, 1.82) is 0 Å². The maximum absolute atomic E-state index is 12.4. The molecule has 0 aliphatic heterocycles. The molecule has 1 aliphatic carbocycles. The van der Waals surface area contributed by atoms with Crippen LogP contribution in [0.3, 0.4) is 0 Å². The molecule has 6 heteroatoms. The highest BCUT2D eigenvalue weighted by molar-refractivity contribution is 7.90. The van der Waals surface area contributed by atoms with Crippen LogP contribution in [-0.4, -0.2) is 24.3 Å². The van der Waals surface area contributed by atoms with Gasteiger partial charge < -0.3 is 5.11 Å². The van der Waals surface area contributed by atoms with Crippen LogP contribution in [0.5, 0.6) is 0 Å². The topological polar surface area (TPSA) is 67.3 Å². The largest absolute Gasteiger partial charge is 0.387 e. The van der Waals surface area contributed by atoms with Crippen LogP contribution in [0.15, 0.2) is 35.7 Å². The number of hydrogen-bond donors (Lipinski definition) is 1. The minimum Gasteiger partial charge on any atom is -0.387 e. The SMILES string of the molecule is O=S(=O)(Cc1csc(C2CCCCC2)n1)CC(O)c1ccccc1. The highest BCUT2D eigenvalue weighted by atomic mass is 32.2. The number of nitrogens with zero attached hydrogens (tertiary/aromatic N) is 1. The molecule has 24 heavy (non-hydrogen) atoms. The Balaban J connectivity index is 1.63. The lowest BCUT2D eigenvalue weighted by molar-refractivity contribution is 0.201. The molecule has 0 amide bonds. The Bertz CT molecular complexity index is 750. The molecule has 1 atom stereocenters. The Kier molecular flexibility index (Phi) is 5.69. The molecule has 130 valence electrons. The Hall–Kier alpha value is -1.24. The third-order valence-electron chi connectivity index (χ3n) is 4.49. The first-order valence-corrected chi connectivity index (χ1v) is 11.1. The molecule has 1 aromatic heterocycles. The Labute approximate surface area is 147 Å². The average Bonchev–Trinajstić information content (AvgIpc) is 3.03. The van der Waals surface area contributed by atoms with E-state index in [9.17, 15) is 13.5 Å². The average molecular weight is 366 g/mol. The molecule has 1 fully saturated rings. The van der Waals surface area contributed by atoms with E-state index < -0.39 is 15.9 Å². The van der Waals surface area contributed by atoms with E-state index in [0.717, 1.165) is 17.8 Å². The van der Waals surface area contributed by atoms with Gasteiger partial charge in [0.1, 0.15) is 0 Å². The van der Waals surface area contributed by atoms with Crippen molar-refractivity contribution in [3.05, 3.63) is 52.0 Å². The van der Waals surface area contributed by atoms with Gasteiger partial charge in [-0.2, -0.15) is 0 Å². The fraction of sp³-hybridized carbons (Fsp3) is 0.500. The minimum atomic E-state index is -3.41. The van der Waals surface area contributed by atoms with Gasteiger partial charge in [-0.1, -0.05) is 49.6 Å². The van der Waals surface area contributed by atoms with Crippen molar-refractivity contribution in [2.45, 2.75) is 49.9 Å². The van der Waals surface area contributed by atoms with Crippen molar-refractivity contribution < 1.29 is 13.5 Å². The van der Waals surface area contributed by atoms with Gasteiger partial charge in [0, 0.05) is 11.3 Å². The lowest BCUT2D eigenvalue weighted by atomic mass is 9.90. The number of benzene rings is 1. The Morgan fingerprint density at radius 1 is 1.17 bits per heavy atom. The third kappa shape index (κ3) is 4.65. The van der Waals surface area contributed by atoms with Crippen LogP contribution in [0.25, 0.3) is 0 Å². The van der Waals surface area contributed by atoms with Crippen LogP contribution in [0.2, 0.25) is 0 Å². The molecule has 0 bridgehead atoms. The second-order valence-corrected chi connectivity index (χ2v) is 9.49. The van der Waals surface area contributed by atoms with Gasteiger partial charge in [-0.25, -0.2) is 13.4 Å². The predicted molar refractivity (Wildman–Crippen MR) is 96.8 cm³/mol. The van der Waals surface area contributed by atoms with Crippen LogP contribution in [0.4, 0.5) is 0 Å². The summed E-state index contributed by atoms with van der Waals surface area (Å²) in [6.07, 6.45) is 5.09. The fourth-order valence-corrected chi connectivity index (χ4v) is 5.71. The van der Waals surface area contributed by atoms with E-state index in [1.54, 1.807) is 35.6 Å². The monoisotopic (exact) mass is 365 g/mol. The van der Waals surface area contributed by atoms with E-state index in [-0.39, 0.29) is 11.5 Å². The van der Waals surface area contributed by atoms with Crippen molar-refractivity contribution >= 4 is 21.2 Å². The molecule has 1 aromatic carbocycles. The first kappa shape index (κ1) is 17.6. The maximum atomic E-state index is 12.4. The summed E-state index contributed by atoms with van der Waals surface area (Å²) in [5.41, 5.74) is 1.24. The van der Waals surface area contributed by atoms with Crippen LogP contribution in [-0.2, 0) is 15.6 Å². The second-order valence-electron chi connectivity index (χ2n) is 6.49. The van der Waals surface area contributed by atoms with Gasteiger partial charge >= 0.3 is 0 Å². The zero-order valence-corrected chi connectivity index (χ0v) is 15.2. The van der Waals surface area contributed by atoms with E-state index in [1.807, 2.05) is 11.4 Å². The molecule has 1 aliphatic rings. The number of thiazole rings is 1. The number of hydrogen-bond acceptors (Lipinski definition) is 5. The Morgan fingerprint density at radius 2 is 1.88 bits per heavy atom. The summed E-state index contributed by atoms with van der Waals surface area (Å²) in [5, 5.41) is 13.1. The summed E-state index contributed by atoms with van der Waals surface area (Å²) in [7, 11) is -3.41. The van der Waals surface area contributed by atoms with Gasteiger partial charge in [0.15, 0.2) is 9.84 Å². The van der Waals surface area contributed by atoms with Crippen molar-refractivity contribution in [3.8, 4) is 0 Å².